The quantitative estimate of drug-likeness (QED) is 0.274. The van der Waals surface area contributed by atoms with Gasteiger partial charge >= 0.3 is 6.55 Å². The Balaban J connectivity index is 1.44. The third-order valence-corrected chi connectivity index (χ3v) is 7.69. The molecule has 1 spiro atoms. The number of anilines is 1. The van der Waals surface area contributed by atoms with E-state index in [0.717, 1.165) is 10.9 Å². The van der Waals surface area contributed by atoms with Gasteiger partial charge in [0.05, 0.1) is 17.5 Å². The predicted octanol–water partition coefficient (Wildman–Crippen LogP) is 3.98. The highest BCUT2D eigenvalue weighted by Gasteiger charge is 2.84. The van der Waals surface area contributed by atoms with Crippen LogP contribution in [-0.2, 0) is 14.2 Å². The number of rotatable bonds is 3. The second kappa shape index (κ2) is 7.22. The Morgan fingerprint density at radius 2 is 1.68 bits per heavy atom. The molecule has 2 aromatic heterocycles. The lowest BCUT2D eigenvalue weighted by atomic mass is 10.1. The summed E-state index contributed by atoms with van der Waals surface area (Å²) in [6, 6.07) is 5.98. The fourth-order valence-corrected chi connectivity index (χ4v) is 6.00. The van der Waals surface area contributed by atoms with Crippen LogP contribution in [0.3, 0.4) is 0 Å². The number of halogens is 4. The van der Waals surface area contributed by atoms with E-state index in [-0.39, 0.29) is 16.8 Å². The van der Waals surface area contributed by atoms with Gasteiger partial charge in [0.25, 0.3) is 17.7 Å². The van der Waals surface area contributed by atoms with Gasteiger partial charge in [0.15, 0.2) is 33.9 Å². The molecule has 4 aliphatic rings. The Kier molecular flexibility index (Phi) is 4.53. The number of imide groups is 1. The third kappa shape index (κ3) is 2.84. The average molecular weight is 551 g/mol. The maximum Gasteiger partial charge on any atom is 0.321 e. The van der Waals surface area contributed by atoms with Crippen LogP contribution >= 0.6 is 12.2 Å². The normalized spacial score (nSPS) is 30.6. The van der Waals surface area contributed by atoms with E-state index in [0.29, 0.717) is 9.47 Å². The zero-order valence-corrected chi connectivity index (χ0v) is 20.4. The first-order valence-electron chi connectivity index (χ1n) is 11.5. The highest BCUT2D eigenvalue weighted by molar-refractivity contribution is 7.71. The summed E-state index contributed by atoms with van der Waals surface area (Å²) < 4.78 is 76.4. The van der Waals surface area contributed by atoms with Crippen LogP contribution in [0, 0.1) is 4.77 Å². The molecule has 38 heavy (non-hydrogen) atoms. The van der Waals surface area contributed by atoms with Crippen LogP contribution in [0.4, 0.5) is 23.4 Å². The van der Waals surface area contributed by atoms with E-state index in [4.69, 9.17) is 26.4 Å². The van der Waals surface area contributed by atoms with Crippen molar-refractivity contribution < 1.29 is 41.4 Å². The molecule has 5 heterocycles. The molecule has 1 aromatic carbocycles. The van der Waals surface area contributed by atoms with Gasteiger partial charge in [-0.2, -0.15) is 8.78 Å². The van der Waals surface area contributed by atoms with E-state index in [2.05, 4.69) is 9.97 Å². The van der Waals surface area contributed by atoms with Crippen molar-refractivity contribution in [1.29, 1.82) is 0 Å². The van der Waals surface area contributed by atoms with Gasteiger partial charge in [-0.25, -0.2) is 23.6 Å². The van der Waals surface area contributed by atoms with Crippen LogP contribution in [0.5, 0.6) is 0 Å². The summed E-state index contributed by atoms with van der Waals surface area (Å²) in [6.45, 7) is -0.182. The molecule has 15 heteroatoms. The molecule has 198 valence electrons. The first kappa shape index (κ1) is 23.8. The number of imidazole rings is 1. The van der Waals surface area contributed by atoms with Gasteiger partial charge in [0.2, 0.25) is 0 Å². The number of hydrogen-bond donors (Lipinski definition) is 0. The van der Waals surface area contributed by atoms with Gasteiger partial charge in [0, 0.05) is 0 Å². The molecule has 0 radical (unpaired) electrons. The fraction of sp³-hybridized carbons (Fsp3) is 0.435. The molecule has 4 unspecified atom stereocenters. The Morgan fingerprint density at radius 3 is 2.26 bits per heavy atom. The van der Waals surface area contributed by atoms with Crippen LogP contribution < -0.4 is 4.90 Å². The predicted molar refractivity (Wildman–Crippen MR) is 121 cm³/mol. The first-order valence-corrected chi connectivity index (χ1v) is 11.9. The smallest absolute Gasteiger partial charge is 0.321 e. The Hall–Kier alpha value is -3.27. The number of amides is 2. The van der Waals surface area contributed by atoms with E-state index in [1.54, 1.807) is 26.0 Å². The van der Waals surface area contributed by atoms with Crippen molar-refractivity contribution in [3.05, 3.63) is 46.5 Å². The number of hydrogen-bond acceptors (Lipinski definition) is 8. The number of ether oxygens (including phenoxy) is 3. The molecule has 2 amide bonds. The molecule has 3 fully saturated rings. The molecule has 3 aromatic rings. The number of nitrogens with zero attached hydrogens (tertiary/aromatic N) is 5. The summed E-state index contributed by atoms with van der Waals surface area (Å²) in [5, 5.41) is 0. The highest BCUT2D eigenvalue weighted by atomic mass is 32.1. The average Bonchev–Trinajstić information content (AvgIpc) is 3.16. The van der Waals surface area contributed by atoms with Gasteiger partial charge in [-0.3, -0.25) is 18.7 Å². The largest absolute Gasteiger partial charge is 0.341 e. The van der Waals surface area contributed by atoms with Gasteiger partial charge in [0.1, 0.15) is 24.1 Å². The highest BCUT2D eigenvalue weighted by Crippen LogP contribution is 2.67. The van der Waals surface area contributed by atoms with Crippen molar-refractivity contribution in [3.63, 3.8) is 0 Å². The molecule has 2 saturated heterocycles. The summed E-state index contributed by atoms with van der Waals surface area (Å²) in [6.07, 6.45) is -3.45. The molecular formula is C23H17F4N5O5S. The monoisotopic (exact) mass is 551 g/mol. The lowest BCUT2D eigenvalue weighted by Crippen LogP contribution is -2.35. The Bertz CT molecular complexity index is 1600. The Morgan fingerprint density at radius 1 is 1.05 bits per heavy atom. The molecule has 0 bridgehead atoms. The zero-order valence-electron chi connectivity index (χ0n) is 19.6. The molecular weight excluding hydrogens is 534 g/mol. The van der Waals surface area contributed by atoms with Crippen molar-refractivity contribution in [3.8, 4) is 0 Å². The van der Waals surface area contributed by atoms with Gasteiger partial charge in [-0.05, 0) is 38.2 Å². The number of alkyl halides is 4. The summed E-state index contributed by atoms with van der Waals surface area (Å²) >= 11 is 5.36. The molecule has 0 N–H and O–H groups in total. The molecule has 7 rings (SSSR count). The number of benzene rings is 1. The van der Waals surface area contributed by atoms with Gasteiger partial charge in [-0.1, -0.05) is 12.1 Å². The van der Waals surface area contributed by atoms with Gasteiger partial charge in [-0.15, -0.1) is 0 Å². The van der Waals surface area contributed by atoms with Gasteiger partial charge < -0.3 is 14.2 Å². The fourth-order valence-electron chi connectivity index (χ4n) is 5.64. The van der Waals surface area contributed by atoms with Crippen LogP contribution in [0.2, 0.25) is 0 Å². The minimum atomic E-state index is -3.27. The minimum Gasteiger partial charge on any atom is -0.341 e. The third-order valence-electron chi connectivity index (χ3n) is 7.30. The molecule has 1 saturated carbocycles. The minimum absolute atomic E-state index is 0.0736. The summed E-state index contributed by atoms with van der Waals surface area (Å²) in [4.78, 5) is 35.0. The van der Waals surface area contributed by atoms with Crippen molar-refractivity contribution in [2.45, 2.75) is 62.6 Å². The maximum atomic E-state index is 14.6. The summed E-state index contributed by atoms with van der Waals surface area (Å²) in [5.74, 6) is -6.47. The van der Waals surface area contributed by atoms with Crippen LogP contribution in [0.25, 0.3) is 11.2 Å². The lowest BCUT2D eigenvalue weighted by molar-refractivity contribution is -0.213. The van der Waals surface area contributed by atoms with E-state index in [9.17, 15) is 27.2 Å². The van der Waals surface area contributed by atoms with Crippen molar-refractivity contribution in [2.24, 2.45) is 0 Å². The summed E-state index contributed by atoms with van der Waals surface area (Å²) in [7, 11) is 0. The maximum absolute atomic E-state index is 14.6. The molecule has 10 nitrogen and oxygen atoms in total. The first-order chi connectivity index (χ1) is 17.9. The summed E-state index contributed by atoms with van der Waals surface area (Å²) in [5.41, 5.74) is -2.57. The standard InChI is InChI=1S/C23H17F4N5O5S/c1-21(2)35-12-13(36-21)22(7-23(22,26)27)37-18(12)32-15-11(30(19(24)25)20(32)38)14(28-8-29-15)31-16(33)9-5-3-4-6-10(9)17(31)34/h3-6,8,12-13,18-19H,7H2,1-2H3. The molecule has 3 aliphatic heterocycles. The number of fused-ring (bicyclic) bond motifs is 4. The zero-order chi connectivity index (χ0) is 26.9. The van der Waals surface area contributed by atoms with E-state index in [1.165, 1.54) is 12.1 Å². The molecule has 4 atom stereocenters. The van der Waals surface area contributed by atoms with Crippen molar-refractivity contribution in [2.75, 3.05) is 4.90 Å². The van der Waals surface area contributed by atoms with Crippen molar-refractivity contribution >= 4 is 41.0 Å². The number of carbonyl (C=O) groups excluding carboxylic acids is 2. The Labute approximate surface area is 215 Å². The van der Waals surface area contributed by atoms with E-state index >= 15 is 0 Å². The van der Waals surface area contributed by atoms with Crippen LogP contribution in [-0.4, -0.2) is 60.4 Å². The lowest BCUT2D eigenvalue weighted by Gasteiger charge is -2.25. The van der Waals surface area contributed by atoms with E-state index in [1.807, 2.05) is 0 Å². The van der Waals surface area contributed by atoms with E-state index < -0.39 is 76.6 Å². The number of carbonyl (C=O) groups is 2. The SMILES string of the molecule is CC1(C)OC2C(n3c(=S)n(C(F)F)c4c(N5C(=O)c6ccccc6C5=O)ncnc43)OC3(CC3(F)F)C2O1. The topological polar surface area (TPSA) is 101 Å². The second-order valence-electron chi connectivity index (χ2n) is 9.96. The van der Waals surface area contributed by atoms with Crippen LogP contribution in [0.15, 0.2) is 30.6 Å². The number of aromatic nitrogens is 4. The van der Waals surface area contributed by atoms with Crippen LogP contribution in [0.1, 0.15) is 53.8 Å². The molecule has 1 aliphatic carbocycles. The van der Waals surface area contributed by atoms with Crippen molar-refractivity contribution in [1.82, 2.24) is 19.1 Å². The second-order valence-corrected chi connectivity index (χ2v) is 10.3.